The van der Waals surface area contributed by atoms with Crippen molar-refractivity contribution in [1.82, 2.24) is 0 Å². The monoisotopic (exact) mass is 297 g/mol. The molecule has 1 atom stereocenters. The van der Waals surface area contributed by atoms with Crippen LogP contribution in [-0.4, -0.2) is 31.3 Å². The molecule has 0 heterocycles. The van der Waals surface area contributed by atoms with Crippen LogP contribution in [-0.2, 0) is 4.74 Å². The standard InChI is InChI=1S/C11H11F4NO4/c1-18-9(16)8(17)5-2-3-6(19-10(12)13)7(4-5)20-11(14)15/h2-4,8,10-11,16-17H,1H3. The molecule has 20 heavy (non-hydrogen) atoms. The van der Waals surface area contributed by atoms with Gasteiger partial charge in [0.05, 0.1) is 7.11 Å². The third-order valence-electron chi connectivity index (χ3n) is 2.18. The molecule has 1 rings (SSSR count). The molecule has 112 valence electrons. The lowest BCUT2D eigenvalue weighted by atomic mass is 10.1. The highest BCUT2D eigenvalue weighted by molar-refractivity contribution is 5.79. The number of halogens is 4. The number of methoxy groups -OCH3 is 1. The predicted molar refractivity (Wildman–Crippen MR) is 59.4 cm³/mol. The maximum atomic E-state index is 12.2. The number of benzene rings is 1. The molecule has 0 saturated heterocycles. The average molecular weight is 297 g/mol. The SMILES string of the molecule is COC(=N)C(O)c1ccc(OC(F)F)c(OC(F)F)c1. The van der Waals surface area contributed by atoms with Crippen LogP contribution in [0.2, 0.25) is 0 Å². The van der Waals surface area contributed by atoms with Gasteiger partial charge in [0.15, 0.2) is 17.6 Å². The second-order valence-electron chi connectivity index (χ2n) is 3.43. The van der Waals surface area contributed by atoms with E-state index < -0.39 is 36.7 Å². The predicted octanol–water partition coefficient (Wildman–Crippen LogP) is 2.55. The van der Waals surface area contributed by atoms with Gasteiger partial charge in [-0.2, -0.15) is 17.6 Å². The van der Waals surface area contributed by atoms with Crippen molar-refractivity contribution < 1.29 is 36.9 Å². The van der Waals surface area contributed by atoms with Crippen molar-refractivity contribution in [2.24, 2.45) is 0 Å². The van der Waals surface area contributed by atoms with Crippen LogP contribution in [0, 0.1) is 5.41 Å². The summed E-state index contributed by atoms with van der Waals surface area (Å²) in [4.78, 5) is 0. The molecule has 0 saturated carbocycles. The van der Waals surface area contributed by atoms with Crippen LogP contribution in [0.15, 0.2) is 18.2 Å². The zero-order valence-corrected chi connectivity index (χ0v) is 10.1. The van der Waals surface area contributed by atoms with Crippen molar-refractivity contribution in [3.63, 3.8) is 0 Å². The molecular formula is C11H11F4NO4. The summed E-state index contributed by atoms with van der Waals surface area (Å²) in [6.07, 6.45) is -1.54. The van der Waals surface area contributed by atoms with Gasteiger partial charge in [0.1, 0.15) is 0 Å². The molecule has 0 bridgehead atoms. The Kier molecular flexibility index (Phi) is 5.56. The van der Waals surface area contributed by atoms with Crippen molar-refractivity contribution in [3.05, 3.63) is 23.8 Å². The minimum atomic E-state index is -3.26. The average Bonchev–Trinajstić information content (AvgIpc) is 2.37. The third-order valence-corrected chi connectivity index (χ3v) is 2.18. The molecule has 0 fully saturated rings. The van der Waals surface area contributed by atoms with Gasteiger partial charge < -0.3 is 19.3 Å². The molecule has 0 aliphatic rings. The van der Waals surface area contributed by atoms with Crippen LogP contribution in [0.4, 0.5) is 17.6 Å². The molecule has 1 unspecified atom stereocenters. The number of nitrogens with one attached hydrogen (secondary N) is 1. The summed E-state index contributed by atoms with van der Waals surface area (Å²) in [6.45, 7) is -6.48. The van der Waals surface area contributed by atoms with Gasteiger partial charge in [-0.05, 0) is 17.7 Å². The molecule has 0 aromatic heterocycles. The quantitative estimate of drug-likeness (QED) is 0.481. The number of aliphatic hydroxyl groups excluding tert-OH is 1. The lowest BCUT2D eigenvalue weighted by molar-refractivity contribution is -0.0693. The zero-order chi connectivity index (χ0) is 15.3. The van der Waals surface area contributed by atoms with Gasteiger partial charge in [0.2, 0.25) is 5.90 Å². The topological polar surface area (TPSA) is 71.8 Å². The van der Waals surface area contributed by atoms with Crippen molar-refractivity contribution in [2.45, 2.75) is 19.3 Å². The van der Waals surface area contributed by atoms with Gasteiger partial charge in [-0.25, -0.2) is 0 Å². The number of rotatable bonds is 6. The highest BCUT2D eigenvalue weighted by Gasteiger charge is 2.20. The van der Waals surface area contributed by atoms with Crippen LogP contribution >= 0.6 is 0 Å². The van der Waals surface area contributed by atoms with Crippen molar-refractivity contribution >= 4 is 5.90 Å². The Hall–Kier alpha value is -2.03. The third kappa shape index (κ3) is 4.26. The molecule has 0 aliphatic heterocycles. The normalized spacial score (nSPS) is 12.4. The van der Waals surface area contributed by atoms with E-state index in [1.54, 1.807) is 0 Å². The summed E-state index contributed by atoms with van der Waals surface area (Å²) in [6, 6.07) is 2.90. The van der Waals surface area contributed by atoms with Gasteiger partial charge in [0.25, 0.3) is 0 Å². The number of hydrogen-bond acceptors (Lipinski definition) is 5. The Labute approximate surface area is 111 Å². The highest BCUT2D eigenvalue weighted by Crippen LogP contribution is 2.33. The Bertz CT molecular complexity index is 470. The summed E-state index contributed by atoms with van der Waals surface area (Å²) >= 11 is 0. The zero-order valence-electron chi connectivity index (χ0n) is 10.1. The van der Waals surface area contributed by atoms with Crippen molar-refractivity contribution in [1.29, 1.82) is 5.41 Å². The van der Waals surface area contributed by atoms with E-state index in [-0.39, 0.29) is 5.56 Å². The Morgan fingerprint density at radius 1 is 1.10 bits per heavy atom. The summed E-state index contributed by atoms with van der Waals surface area (Å²) in [5, 5.41) is 16.9. The maximum Gasteiger partial charge on any atom is 0.387 e. The molecule has 1 aromatic rings. The minimum Gasteiger partial charge on any atom is -0.482 e. The number of hydrogen-bond donors (Lipinski definition) is 2. The maximum absolute atomic E-state index is 12.2. The second kappa shape index (κ2) is 6.94. The summed E-state index contributed by atoms with van der Waals surface area (Å²) in [5.41, 5.74) is -0.0471. The van der Waals surface area contributed by atoms with Gasteiger partial charge in [0, 0.05) is 0 Å². The van der Waals surface area contributed by atoms with Crippen molar-refractivity contribution in [3.8, 4) is 11.5 Å². The van der Waals surface area contributed by atoms with Crippen LogP contribution in [0.5, 0.6) is 11.5 Å². The molecule has 1 aromatic carbocycles. The molecule has 0 spiro atoms. The first-order chi connectivity index (χ1) is 9.35. The molecule has 9 heteroatoms. The number of aliphatic hydroxyl groups is 1. The van der Waals surface area contributed by atoms with E-state index in [1.807, 2.05) is 0 Å². The van der Waals surface area contributed by atoms with E-state index in [9.17, 15) is 22.7 Å². The van der Waals surface area contributed by atoms with Gasteiger partial charge >= 0.3 is 13.2 Å². The van der Waals surface area contributed by atoms with E-state index in [0.29, 0.717) is 0 Å². The van der Waals surface area contributed by atoms with Crippen LogP contribution in [0.3, 0.4) is 0 Å². The van der Waals surface area contributed by atoms with E-state index in [4.69, 9.17) is 5.41 Å². The lowest BCUT2D eigenvalue weighted by Gasteiger charge is -2.15. The molecule has 0 radical (unpaired) electrons. The molecule has 0 amide bonds. The fraction of sp³-hybridized carbons (Fsp3) is 0.364. The Morgan fingerprint density at radius 2 is 1.65 bits per heavy atom. The summed E-state index contributed by atoms with van der Waals surface area (Å²) < 4.78 is 61.1. The van der Waals surface area contributed by atoms with E-state index in [2.05, 4.69) is 14.2 Å². The summed E-state index contributed by atoms with van der Waals surface area (Å²) in [5.74, 6) is -1.84. The smallest absolute Gasteiger partial charge is 0.387 e. The Morgan fingerprint density at radius 3 is 2.15 bits per heavy atom. The first-order valence-electron chi connectivity index (χ1n) is 5.19. The fourth-order valence-corrected chi connectivity index (χ4v) is 1.34. The van der Waals surface area contributed by atoms with Crippen molar-refractivity contribution in [2.75, 3.05) is 7.11 Å². The van der Waals surface area contributed by atoms with Gasteiger partial charge in [-0.15, -0.1) is 0 Å². The molecule has 0 aliphatic carbocycles. The van der Waals surface area contributed by atoms with Gasteiger partial charge in [-0.3, -0.25) is 5.41 Å². The lowest BCUT2D eigenvalue weighted by Crippen LogP contribution is -2.14. The fourth-order valence-electron chi connectivity index (χ4n) is 1.34. The number of ether oxygens (including phenoxy) is 3. The second-order valence-corrected chi connectivity index (χ2v) is 3.43. The van der Waals surface area contributed by atoms with E-state index in [1.165, 1.54) is 0 Å². The first kappa shape index (κ1) is 16.0. The van der Waals surface area contributed by atoms with Gasteiger partial charge in [-0.1, -0.05) is 6.07 Å². The largest absolute Gasteiger partial charge is 0.482 e. The number of alkyl halides is 4. The van der Waals surface area contributed by atoms with E-state index in [0.717, 1.165) is 25.3 Å². The molecular weight excluding hydrogens is 286 g/mol. The minimum absolute atomic E-state index is 0.0471. The molecule has 5 nitrogen and oxygen atoms in total. The summed E-state index contributed by atoms with van der Waals surface area (Å²) in [7, 11) is 1.14. The van der Waals surface area contributed by atoms with Crippen LogP contribution < -0.4 is 9.47 Å². The first-order valence-corrected chi connectivity index (χ1v) is 5.19. The highest BCUT2D eigenvalue weighted by atomic mass is 19.3. The molecule has 2 N–H and O–H groups in total. The Balaban J connectivity index is 3.09. The van der Waals surface area contributed by atoms with Crippen LogP contribution in [0.1, 0.15) is 11.7 Å². The van der Waals surface area contributed by atoms with E-state index >= 15 is 0 Å². The van der Waals surface area contributed by atoms with Crippen LogP contribution in [0.25, 0.3) is 0 Å².